The highest BCUT2D eigenvalue weighted by atomic mass is 16.2. The molecule has 0 aromatic carbocycles. The van der Waals surface area contributed by atoms with E-state index in [1.54, 1.807) is 7.05 Å². The van der Waals surface area contributed by atoms with E-state index in [0.29, 0.717) is 0 Å². The van der Waals surface area contributed by atoms with E-state index in [9.17, 15) is 9.59 Å². The number of nitrogens with one attached hydrogen (secondary N) is 1. The van der Waals surface area contributed by atoms with Gasteiger partial charge in [-0.05, 0) is 38.8 Å². The van der Waals surface area contributed by atoms with Gasteiger partial charge in [0.25, 0.3) is 5.91 Å². The number of carbonyl (C=O) groups is 2. The predicted molar refractivity (Wildman–Crippen MR) is 93.5 cm³/mol. The molecular formula is C17H26N6O2. The SMILES string of the molecule is CC1=CN2C(=NC3C2C(=O)NC(=O)N3C)N1CCN1CCC(C)CC1. The Bertz CT molecular complexity index is 652. The number of likely N-dealkylation sites (N-methyl/N-ethyl adjacent to an activating group) is 1. The summed E-state index contributed by atoms with van der Waals surface area (Å²) in [6.45, 7) is 8.51. The number of likely N-dealkylation sites (tertiary alicyclic amines) is 1. The van der Waals surface area contributed by atoms with Gasteiger partial charge in [-0.2, -0.15) is 0 Å². The highest BCUT2D eigenvalue weighted by molar-refractivity contribution is 6.04. The molecule has 25 heavy (non-hydrogen) atoms. The lowest BCUT2D eigenvalue weighted by Gasteiger charge is -2.34. The van der Waals surface area contributed by atoms with Crippen LogP contribution in [0.1, 0.15) is 26.7 Å². The number of imide groups is 1. The Kier molecular flexibility index (Phi) is 3.94. The molecule has 8 heteroatoms. The van der Waals surface area contributed by atoms with Crippen LogP contribution >= 0.6 is 0 Å². The molecule has 3 amide bonds. The Morgan fingerprint density at radius 2 is 1.96 bits per heavy atom. The molecule has 8 nitrogen and oxygen atoms in total. The molecule has 4 aliphatic heterocycles. The first kappa shape index (κ1) is 16.4. The molecule has 0 radical (unpaired) electrons. The number of allylic oxidation sites excluding steroid dienone is 1. The monoisotopic (exact) mass is 346 g/mol. The summed E-state index contributed by atoms with van der Waals surface area (Å²) in [5.41, 5.74) is 1.09. The van der Waals surface area contributed by atoms with Gasteiger partial charge < -0.3 is 19.6 Å². The molecule has 2 atom stereocenters. The Morgan fingerprint density at radius 3 is 2.68 bits per heavy atom. The number of aliphatic imine (C=N–C) groups is 1. The molecule has 0 aromatic heterocycles. The van der Waals surface area contributed by atoms with Gasteiger partial charge in [-0.1, -0.05) is 6.92 Å². The van der Waals surface area contributed by atoms with E-state index in [1.807, 2.05) is 18.0 Å². The van der Waals surface area contributed by atoms with Crippen molar-refractivity contribution in [2.45, 2.75) is 38.9 Å². The number of amides is 3. The fraction of sp³-hybridized carbons (Fsp3) is 0.706. The molecule has 2 unspecified atom stereocenters. The molecule has 4 aliphatic rings. The van der Waals surface area contributed by atoms with E-state index in [4.69, 9.17) is 4.99 Å². The topological polar surface area (TPSA) is 71.5 Å². The third-order valence-electron chi connectivity index (χ3n) is 5.79. The highest BCUT2D eigenvalue weighted by Crippen LogP contribution is 2.31. The van der Waals surface area contributed by atoms with E-state index >= 15 is 0 Å². The number of fused-ring (bicyclic) bond motifs is 3. The van der Waals surface area contributed by atoms with Crippen LogP contribution in [0.2, 0.25) is 0 Å². The summed E-state index contributed by atoms with van der Waals surface area (Å²) in [6, 6.07) is -0.847. The fourth-order valence-corrected chi connectivity index (χ4v) is 4.05. The molecule has 0 aromatic rings. The first-order chi connectivity index (χ1) is 12.0. The van der Waals surface area contributed by atoms with Crippen LogP contribution in [0, 0.1) is 5.92 Å². The van der Waals surface area contributed by atoms with Crippen LogP contribution in [0.15, 0.2) is 16.9 Å². The summed E-state index contributed by atoms with van der Waals surface area (Å²) in [4.78, 5) is 36.9. The van der Waals surface area contributed by atoms with Crippen molar-refractivity contribution in [1.82, 2.24) is 24.9 Å². The quantitative estimate of drug-likeness (QED) is 0.803. The van der Waals surface area contributed by atoms with Gasteiger partial charge in [0.1, 0.15) is 0 Å². The third kappa shape index (κ3) is 2.68. The van der Waals surface area contributed by atoms with E-state index in [0.717, 1.165) is 43.8 Å². The molecule has 1 N–H and O–H groups in total. The maximum Gasteiger partial charge on any atom is 0.325 e. The largest absolute Gasteiger partial charge is 0.325 e. The number of hydrogen-bond donors (Lipinski definition) is 1. The normalized spacial score (nSPS) is 30.3. The van der Waals surface area contributed by atoms with Gasteiger partial charge in [0.15, 0.2) is 12.2 Å². The van der Waals surface area contributed by atoms with Gasteiger partial charge >= 0.3 is 6.03 Å². The standard InChI is InChI=1S/C17H26N6O2/c1-11-4-6-21(7-5-11)8-9-22-12(2)10-23-13-14(18-16(22)23)20(3)17(25)19-15(13)24/h10-11,13-14H,4-9H2,1-3H3,(H,19,24,25). The van der Waals surface area contributed by atoms with Crippen molar-refractivity contribution in [2.24, 2.45) is 10.9 Å². The van der Waals surface area contributed by atoms with Crippen LogP contribution in [0.25, 0.3) is 0 Å². The number of urea groups is 1. The number of rotatable bonds is 3. The van der Waals surface area contributed by atoms with Crippen LogP contribution in [0.4, 0.5) is 4.79 Å². The van der Waals surface area contributed by atoms with Gasteiger partial charge in [0.2, 0.25) is 5.96 Å². The van der Waals surface area contributed by atoms with E-state index < -0.39 is 12.2 Å². The van der Waals surface area contributed by atoms with Gasteiger partial charge in [-0.15, -0.1) is 0 Å². The van der Waals surface area contributed by atoms with Crippen molar-refractivity contribution in [3.8, 4) is 0 Å². The smallest absolute Gasteiger partial charge is 0.313 e. The van der Waals surface area contributed by atoms with Crippen LogP contribution in [-0.4, -0.2) is 82.9 Å². The zero-order valence-corrected chi connectivity index (χ0v) is 15.1. The minimum absolute atomic E-state index is 0.275. The maximum absolute atomic E-state index is 12.3. The molecule has 0 spiro atoms. The van der Waals surface area contributed by atoms with Crippen LogP contribution in [-0.2, 0) is 4.79 Å². The van der Waals surface area contributed by atoms with E-state index in [1.165, 1.54) is 17.7 Å². The maximum atomic E-state index is 12.3. The first-order valence-corrected chi connectivity index (χ1v) is 9.08. The van der Waals surface area contributed by atoms with Gasteiger partial charge in [-0.3, -0.25) is 10.1 Å². The zero-order chi connectivity index (χ0) is 17.7. The first-order valence-electron chi connectivity index (χ1n) is 9.08. The van der Waals surface area contributed by atoms with Crippen LogP contribution < -0.4 is 5.32 Å². The third-order valence-corrected chi connectivity index (χ3v) is 5.79. The second-order valence-corrected chi connectivity index (χ2v) is 7.55. The number of piperidine rings is 1. The molecule has 0 aliphatic carbocycles. The number of hydrogen-bond acceptors (Lipinski definition) is 6. The molecule has 136 valence electrons. The van der Waals surface area contributed by atoms with Crippen molar-refractivity contribution in [1.29, 1.82) is 0 Å². The number of nitrogens with zero attached hydrogens (tertiary/aromatic N) is 5. The Balaban J connectivity index is 1.47. The average molecular weight is 346 g/mol. The lowest BCUT2D eigenvalue weighted by molar-refractivity contribution is -0.126. The minimum atomic E-state index is -0.464. The van der Waals surface area contributed by atoms with Crippen molar-refractivity contribution in [3.05, 3.63) is 11.9 Å². The Labute approximate surface area is 148 Å². The average Bonchev–Trinajstić information content (AvgIpc) is 3.08. The molecule has 2 fully saturated rings. The number of carbonyl (C=O) groups excluding carboxylic acids is 2. The molecular weight excluding hydrogens is 320 g/mol. The lowest BCUT2D eigenvalue weighted by Crippen LogP contribution is -2.62. The fourth-order valence-electron chi connectivity index (χ4n) is 4.05. The molecule has 4 heterocycles. The second-order valence-electron chi connectivity index (χ2n) is 7.55. The Morgan fingerprint density at radius 1 is 1.24 bits per heavy atom. The zero-order valence-electron chi connectivity index (χ0n) is 15.1. The second kappa shape index (κ2) is 6.01. The molecule has 0 saturated carbocycles. The van der Waals surface area contributed by atoms with Crippen molar-refractivity contribution >= 4 is 17.9 Å². The molecule has 2 saturated heterocycles. The lowest BCUT2D eigenvalue weighted by atomic mass is 9.99. The van der Waals surface area contributed by atoms with Gasteiger partial charge in [0, 0.05) is 32.0 Å². The van der Waals surface area contributed by atoms with Gasteiger partial charge in [0.05, 0.1) is 0 Å². The highest BCUT2D eigenvalue weighted by Gasteiger charge is 2.51. The summed E-state index contributed by atoms with van der Waals surface area (Å²) in [5, 5.41) is 2.41. The Hall–Kier alpha value is -2.09. The van der Waals surface area contributed by atoms with E-state index in [2.05, 4.69) is 22.0 Å². The van der Waals surface area contributed by atoms with Crippen molar-refractivity contribution < 1.29 is 9.59 Å². The summed E-state index contributed by atoms with van der Waals surface area (Å²) in [6.07, 6.45) is 4.06. The summed E-state index contributed by atoms with van der Waals surface area (Å²) in [5.74, 6) is 1.34. The molecule has 0 bridgehead atoms. The van der Waals surface area contributed by atoms with Crippen molar-refractivity contribution in [3.63, 3.8) is 0 Å². The number of guanidine groups is 1. The summed E-state index contributed by atoms with van der Waals surface area (Å²) >= 11 is 0. The molecule has 4 rings (SSSR count). The summed E-state index contributed by atoms with van der Waals surface area (Å²) in [7, 11) is 1.68. The summed E-state index contributed by atoms with van der Waals surface area (Å²) < 4.78 is 0. The van der Waals surface area contributed by atoms with Crippen LogP contribution in [0.5, 0.6) is 0 Å². The minimum Gasteiger partial charge on any atom is -0.313 e. The van der Waals surface area contributed by atoms with E-state index in [-0.39, 0.29) is 11.9 Å². The van der Waals surface area contributed by atoms with Crippen molar-refractivity contribution in [2.75, 3.05) is 33.2 Å². The van der Waals surface area contributed by atoms with Gasteiger partial charge in [-0.25, -0.2) is 9.79 Å². The predicted octanol–water partition coefficient (Wildman–Crippen LogP) is 0.443. The van der Waals surface area contributed by atoms with Crippen LogP contribution in [0.3, 0.4) is 0 Å².